The molecule has 3 rings (SSSR count). The standard InChI is InChI=1S/C18H19NO4S2/c1-10(17(21)15-7-6-13(24-15)9-19-11(2)20)23-18(22)16-8-12-4-3-5-14(12)25-16/h6-8,10H,3-5,9H2,1-2H3,(H,19,20). The van der Waals surface area contributed by atoms with Gasteiger partial charge in [0.15, 0.2) is 6.10 Å². The van der Waals surface area contributed by atoms with Crippen molar-refractivity contribution in [3.8, 4) is 0 Å². The van der Waals surface area contributed by atoms with E-state index >= 15 is 0 Å². The lowest BCUT2D eigenvalue weighted by Gasteiger charge is -2.10. The van der Waals surface area contributed by atoms with Crippen LogP contribution >= 0.6 is 22.7 Å². The zero-order chi connectivity index (χ0) is 18.0. The second kappa shape index (κ2) is 7.49. The molecule has 0 bridgehead atoms. The molecule has 1 aliphatic carbocycles. The Kier molecular flexibility index (Phi) is 5.34. The molecule has 0 radical (unpaired) electrons. The van der Waals surface area contributed by atoms with Gasteiger partial charge in [0.2, 0.25) is 11.7 Å². The van der Waals surface area contributed by atoms with Crippen LogP contribution in [0.25, 0.3) is 0 Å². The summed E-state index contributed by atoms with van der Waals surface area (Å²) in [6.45, 7) is 3.43. The maximum absolute atomic E-state index is 12.5. The van der Waals surface area contributed by atoms with Crippen LogP contribution in [0.2, 0.25) is 0 Å². The molecule has 1 aliphatic rings. The highest BCUT2D eigenvalue weighted by atomic mass is 32.1. The molecule has 0 saturated carbocycles. The maximum Gasteiger partial charge on any atom is 0.349 e. The zero-order valence-electron chi connectivity index (χ0n) is 14.1. The van der Waals surface area contributed by atoms with Crippen molar-refractivity contribution >= 4 is 40.3 Å². The molecule has 0 fully saturated rings. The number of ether oxygens (including phenoxy) is 1. The summed E-state index contributed by atoms with van der Waals surface area (Å²) in [5.74, 6) is -0.779. The van der Waals surface area contributed by atoms with E-state index in [2.05, 4.69) is 5.32 Å². The largest absolute Gasteiger partial charge is 0.450 e. The number of fused-ring (bicyclic) bond motifs is 1. The van der Waals surface area contributed by atoms with Gasteiger partial charge in [-0.1, -0.05) is 0 Å². The van der Waals surface area contributed by atoms with E-state index in [4.69, 9.17) is 4.74 Å². The summed E-state index contributed by atoms with van der Waals surface area (Å²) in [6.07, 6.45) is 2.34. The predicted octanol–water partition coefficient (Wildman–Crippen LogP) is 3.36. The molecule has 0 saturated heterocycles. The van der Waals surface area contributed by atoms with Crippen molar-refractivity contribution in [3.63, 3.8) is 0 Å². The Balaban J connectivity index is 1.60. The molecule has 1 amide bonds. The molecule has 1 atom stereocenters. The summed E-state index contributed by atoms with van der Waals surface area (Å²) in [6, 6.07) is 5.39. The number of thiophene rings is 2. The van der Waals surface area contributed by atoms with Gasteiger partial charge in [0.25, 0.3) is 0 Å². The third kappa shape index (κ3) is 4.16. The highest BCUT2D eigenvalue weighted by Crippen LogP contribution is 2.31. The summed E-state index contributed by atoms with van der Waals surface area (Å²) < 4.78 is 5.36. The number of ketones is 1. The van der Waals surface area contributed by atoms with Gasteiger partial charge in [-0.05, 0) is 49.9 Å². The molecule has 1 N–H and O–H groups in total. The average Bonchev–Trinajstić information content (AvgIpc) is 3.27. The van der Waals surface area contributed by atoms with Crippen LogP contribution in [0.5, 0.6) is 0 Å². The van der Waals surface area contributed by atoms with E-state index in [1.165, 1.54) is 40.0 Å². The Bertz CT molecular complexity index is 799. The van der Waals surface area contributed by atoms with Crippen LogP contribution in [0.3, 0.4) is 0 Å². The zero-order valence-corrected chi connectivity index (χ0v) is 15.7. The molecular formula is C18H19NO4S2. The monoisotopic (exact) mass is 377 g/mol. The lowest BCUT2D eigenvalue weighted by atomic mass is 10.2. The summed E-state index contributed by atoms with van der Waals surface area (Å²) in [5.41, 5.74) is 1.23. The quantitative estimate of drug-likeness (QED) is 0.619. The van der Waals surface area contributed by atoms with Crippen LogP contribution < -0.4 is 5.32 Å². The van der Waals surface area contributed by atoms with E-state index in [9.17, 15) is 14.4 Å². The van der Waals surface area contributed by atoms with E-state index in [0.717, 1.165) is 24.1 Å². The second-order valence-electron chi connectivity index (χ2n) is 6.00. The van der Waals surface area contributed by atoms with Crippen molar-refractivity contribution in [2.45, 2.75) is 45.8 Å². The van der Waals surface area contributed by atoms with Gasteiger partial charge in [-0.15, -0.1) is 22.7 Å². The second-order valence-corrected chi connectivity index (χ2v) is 8.31. The van der Waals surface area contributed by atoms with Crippen LogP contribution in [0.4, 0.5) is 0 Å². The van der Waals surface area contributed by atoms with Gasteiger partial charge < -0.3 is 10.1 Å². The summed E-state index contributed by atoms with van der Waals surface area (Å²) >= 11 is 2.77. The summed E-state index contributed by atoms with van der Waals surface area (Å²) in [5, 5.41) is 2.69. The Labute approximate surface area is 154 Å². The number of esters is 1. The van der Waals surface area contributed by atoms with E-state index in [0.29, 0.717) is 16.3 Å². The minimum Gasteiger partial charge on any atom is -0.450 e. The van der Waals surface area contributed by atoms with Gasteiger partial charge in [0, 0.05) is 16.7 Å². The van der Waals surface area contributed by atoms with E-state index in [1.807, 2.05) is 6.07 Å². The summed E-state index contributed by atoms with van der Waals surface area (Å²) in [4.78, 5) is 38.9. The first-order valence-electron chi connectivity index (χ1n) is 8.14. The first-order chi connectivity index (χ1) is 11.9. The normalized spacial score (nSPS) is 14.0. The van der Waals surface area contributed by atoms with E-state index < -0.39 is 12.1 Å². The van der Waals surface area contributed by atoms with Crippen LogP contribution in [0.1, 0.15) is 54.9 Å². The fraction of sp³-hybridized carbons (Fsp3) is 0.389. The van der Waals surface area contributed by atoms with Gasteiger partial charge in [0.05, 0.1) is 11.4 Å². The van der Waals surface area contributed by atoms with Crippen molar-refractivity contribution in [2.75, 3.05) is 0 Å². The number of carbonyl (C=O) groups is 3. The van der Waals surface area contributed by atoms with Crippen molar-refractivity contribution in [1.29, 1.82) is 0 Å². The van der Waals surface area contributed by atoms with Crippen LogP contribution in [0.15, 0.2) is 18.2 Å². The van der Waals surface area contributed by atoms with Gasteiger partial charge in [-0.2, -0.15) is 0 Å². The fourth-order valence-corrected chi connectivity index (χ4v) is 4.82. The Morgan fingerprint density at radius 2 is 2.00 bits per heavy atom. The highest BCUT2D eigenvalue weighted by molar-refractivity contribution is 7.14. The number of hydrogen-bond acceptors (Lipinski definition) is 6. The molecule has 2 aromatic heterocycles. The molecule has 0 aromatic carbocycles. The first kappa shape index (κ1) is 17.8. The van der Waals surface area contributed by atoms with Gasteiger partial charge in [0.1, 0.15) is 4.88 Å². The average molecular weight is 377 g/mol. The molecule has 1 unspecified atom stereocenters. The Morgan fingerprint density at radius 1 is 1.20 bits per heavy atom. The van der Waals surface area contributed by atoms with Crippen molar-refractivity contribution < 1.29 is 19.1 Å². The summed E-state index contributed by atoms with van der Waals surface area (Å²) in [7, 11) is 0. The van der Waals surface area contributed by atoms with Gasteiger partial charge in [-0.3, -0.25) is 9.59 Å². The van der Waals surface area contributed by atoms with Crippen molar-refractivity contribution in [2.24, 2.45) is 0 Å². The molecule has 5 nitrogen and oxygen atoms in total. The number of amides is 1. The van der Waals surface area contributed by atoms with Crippen molar-refractivity contribution in [1.82, 2.24) is 5.32 Å². The molecule has 25 heavy (non-hydrogen) atoms. The van der Waals surface area contributed by atoms with E-state index in [1.54, 1.807) is 19.1 Å². The number of Topliss-reactive ketones (excluding diaryl/α,β-unsaturated/α-hetero) is 1. The minimum atomic E-state index is -0.836. The highest BCUT2D eigenvalue weighted by Gasteiger charge is 2.24. The van der Waals surface area contributed by atoms with Crippen LogP contribution in [-0.4, -0.2) is 23.8 Å². The molecule has 2 heterocycles. The minimum absolute atomic E-state index is 0.119. The number of nitrogens with one attached hydrogen (secondary N) is 1. The number of carbonyl (C=O) groups excluding carboxylic acids is 3. The lowest BCUT2D eigenvalue weighted by Crippen LogP contribution is -2.23. The number of aryl methyl sites for hydroxylation is 2. The van der Waals surface area contributed by atoms with Gasteiger partial charge >= 0.3 is 5.97 Å². The van der Waals surface area contributed by atoms with Crippen molar-refractivity contribution in [3.05, 3.63) is 43.3 Å². The predicted molar refractivity (Wildman–Crippen MR) is 97.4 cm³/mol. The fourth-order valence-electron chi connectivity index (χ4n) is 2.72. The third-order valence-corrected chi connectivity index (χ3v) is 6.33. The van der Waals surface area contributed by atoms with E-state index in [-0.39, 0.29) is 11.7 Å². The van der Waals surface area contributed by atoms with Gasteiger partial charge in [-0.25, -0.2) is 4.79 Å². The molecule has 0 aliphatic heterocycles. The molecule has 2 aromatic rings. The molecule has 7 heteroatoms. The molecular weight excluding hydrogens is 358 g/mol. The number of rotatable bonds is 6. The Morgan fingerprint density at radius 3 is 2.72 bits per heavy atom. The topological polar surface area (TPSA) is 72.5 Å². The lowest BCUT2D eigenvalue weighted by molar-refractivity contribution is -0.119. The van der Waals surface area contributed by atoms with Crippen LogP contribution in [0, 0.1) is 0 Å². The van der Waals surface area contributed by atoms with Crippen LogP contribution in [-0.2, 0) is 28.9 Å². The first-order valence-corrected chi connectivity index (χ1v) is 9.77. The third-order valence-electron chi connectivity index (χ3n) is 4.02. The number of hydrogen-bond donors (Lipinski definition) is 1. The molecule has 0 spiro atoms. The Hall–Kier alpha value is -1.99. The smallest absolute Gasteiger partial charge is 0.349 e. The maximum atomic E-state index is 12.5. The molecule has 132 valence electrons. The SMILES string of the molecule is CC(=O)NCc1ccc(C(=O)C(C)OC(=O)c2cc3c(s2)CCC3)s1.